The van der Waals surface area contributed by atoms with E-state index in [0.29, 0.717) is 0 Å². The molecule has 0 heterocycles. The predicted molar refractivity (Wildman–Crippen MR) is 80.3 cm³/mol. The fourth-order valence-electron chi connectivity index (χ4n) is 1.97. The van der Waals surface area contributed by atoms with Gasteiger partial charge < -0.3 is 15.5 Å². The van der Waals surface area contributed by atoms with E-state index in [1.807, 2.05) is 38.9 Å². The number of aryl methyl sites for hydroxylation is 1. The molecule has 0 radical (unpaired) electrons. The Kier molecular flexibility index (Phi) is 5.83. The summed E-state index contributed by atoms with van der Waals surface area (Å²) >= 11 is 0. The van der Waals surface area contributed by atoms with E-state index in [-0.39, 0.29) is 5.91 Å². The highest BCUT2D eigenvalue weighted by atomic mass is 16.2. The molecule has 19 heavy (non-hydrogen) atoms. The molecule has 4 heteroatoms. The van der Waals surface area contributed by atoms with E-state index in [0.717, 1.165) is 42.9 Å². The second kappa shape index (κ2) is 7.14. The molecule has 2 N–H and O–H groups in total. The Morgan fingerprint density at radius 1 is 1.26 bits per heavy atom. The molecule has 1 aromatic carbocycles. The molecule has 0 saturated carbocycles. The zero-order chi connectivity index (χ0) is 14.4. The van der Waals surface area contributed by atoms with E-state index in [2.05, 4.69) is 4.90 Å². The number of hydrogen-bond acceptors (Lipinski definition) is 3. The minimum Gasteiger partial charge on any atom is -0.399 e. The average Bonchev–Trinajstić information content (AvgIpc) is 2.37. The van der Waals surface area contributed by atoms with Gasteiger partial charge in [0.2, 0.25) is 0 Å². The molecule has 1 amide bonds. The van der Waals surface area contributed by atoms with Crippen LogP contribution in [0.3, 0.4) is 0 Å². The molecule has 0 spiro atoms. The first-order valence-corrected chi connectivity index (χ1v) is 6.75. The lowest BCUT2D eigenvalue weighted by Crippen LogP contribution is -2.33. The van der Waals surface area contributed by atoms with Crippen molar-refractivity contribution in [1.29, 1.82) is 0 Å². The first kappa shape index (κ1) is 15.5. The molecular weight excluding hydrogens is 238 g/mol. The van der Waals surface area contributed by atoms with Crippen molar-refractivity contribution in [2.24, 2.45) is 0 Å². The third-order valence-electron chi connectivity index (χ3n) is 3.22. The maximum Gasteiger partial charge on any atom is 0.253 e. The number of benzene rings is 1. The Hall–Kier alpha value is -1.55. The second-order valence-electron chi connectivity index (χ2n) is 5.11. The largest absolute Gasteiger partial charge is 0.399 e. The average molecular weight is 263 g/mol. The Balaban J connectivity index is 2.69. The van der Waals surface area contributed by atoms with Crippen molar-refractivity contribution in [2.45, 2.75) is 20.3 Å². The van der Waals surface area contributed by atoms with Gasteiger partial charge in [-0.15, -0.1) is 0 Å². The van der Waals surface area contributed by atoms with Crippen LogP contribution >= 0.6 is 0 Å². The van der Waals surface area contributed by atoms with Crippen LogP contribution in [0.5, 0.6) is 0 Å². The number of rotatable bonds is 6. The van der Waals surface area contributed by atoms with Crippen LogP contribution in [0.1, 0.15) is 29.3 Å². The van der Waals surface area contributed by atoms with Crippen molar-refractivity contribution < 1.29 is 4.79 Å². The minimum atomic E-state index is 0.0874. The van der Waals surface area contributed by atoms with Gasteiger partial charge in [-0.05, 0) is 64.7 Å². The number of carbonyl (C=O) groups is 1. The third-order valence-corrected chi connectivity index (χ3v) is 3.22. The third kappa shape index (κ3) is 4.56. The standard InChI is InChI=1S/C15H25N3O/c1-5-18(10-6-9-17(3)4)15(19)13-7-8-14(16)12(2)11-13/h7-8,11H,5-6,9-10,16H2,1-4H3. The summed E-state index contributed by atoms with van der Waals surface area (Å²) in [7, 11) is 4.09. The number of amides is 1. The smallest absolute Gasteiger partial charge is 0.253 e. The summed E-state index contributed by atoms with van der Waals surface area (Å²) in [6.45, 7) is 6.45. The van der Waals surface area contributed by atoms with Crippen molar-refractivity contribution >= 4 is 11.6 Å². The lowest BCUT2D eigenvalue weighted by Gasteiger charge is -2.22. The zero-order valence-corrected chi connectivity index (χ0v) is 12.4. The summed E-state index contributed by atoms with van der Waals surface area (Å²) in [6.07, 6.45) is 0.987. The van der Waals surface area contributed by atoms with Crippen LogP contribution in [-0.2, 0) is 0 Å². The highest BCUT2D eigenvalue weighted by molar-refractivity contribution is 5.94. The first-order valence-electron chi connectivity index (χ1n) is 6.75. The van der Waals surface area contributed by atoms with E-state index in [9.17, 15) is 4.79 Å². The van der Waals surface area contributed by atoms with Gasteiger partial charge in [0.1, 0.15) is 0 Å². The SMILES string of the molecule is CCN(CCCN(C)C)C(=O)c1ccc(N)c(C)c1. The van der Waals surface area contributed by atoms with Crippen LogP contribution in [0.4, 0.5) is 5.69 Å². The normalized spacial score (nSPS) is 10.8. The van der Waals surface area contributed by atoms with Gasteiger partial charge in [-0.1, -0.05) is 0 Å². The van der Waals surface area contributed by atoms with Gasteiger partial charge in [-0.25, -0.2) is 0 Å². The van der Waals surface area contributed by atoms with Gasteiger partial charge >= 0.3 is 0 Å². The van der Waals surface area contributed by atoms with E-state index < -0.39 is 0 Å². The highest BCUT2D eigenvalue weighted by Crippen LogP contribution is 2.14. The van der Waals surface area contributed by atoms with Crippen molar-refractivity contribution in [3.8, 4) is 0 Å². The number of carbonyl (C=O) groups excluding carboxylic acids is 1. The summed E-state index contributed by atoms with van der Waals surface area (Å²) in [5.74, 6) is 0.0874. The van der Waals surface area contributed by atoms with Crippen LogP contribution in [0.2, 0.25) is 0 Å². The van der Waals surface area contributed by atoms with Crippen LogP contribution < -0.4 is 5.73 Å². The minimum absolute atomic E-state index is 0.0874. The summed E-state index contributed by atoms with van der Waals surface area (Å²) in [6, 6.07) is 5.47. The Morgan fingerprint density at radius 3 is 2.47 bits per heavy atom. The van der Waals surface area contributed by atoms with Gasteiger partial charge in [-0.2, -0.15) is 0 Å². The molecule has 1 aromatic rings. The zero-order valence-electron chi connectivity index (χ0n) is 12.4. The molecule has 1 rings (SSSR count). The molecular formula is C15H25N3O. The van der Waals surface area contributed by atoms with E-state index in [1.165, 1.54) is 0 Å². The monoisotopic (exact) mass is 263 g/mol. The van der Waals surface area contributed by atoms with Gasteiger partial charge in [0, 0.05) is 24.3 Å². The molecule has 0 saturated heterocycles. The molecule has 0 atom stereocenters. The Morgan fingerprint density at radius 2 is 1.95 bits per heavy atom. The van der Waals surface area contributed by atoms with Crippen LogP contribution in [0.15, 0.2) is 18.2 Å². The van der Waals surface area contributed by atoms with Crippen LogP contribution in [-0.4, -0.2) is 49.4 Å². The first-order chi connectivity index (χ1) is 8.95. The summed E-state index contributed by atoms with van der Waals surface area (Å²) in [5, 5.41) is 0. The number of hydrogen-bond donors (Lipinski definition) is 1. The summed E-state index contributed by atoms with van der Waals surface area (Å²) < 4.78 is 0. The number of anilines is 1. The fourth-order valence-corrected chi connectivity index (χ4v) is 1.97. The van der Waals surface area contributed by atoms with Crippen molar-refractivity contribution in [3.63, 3.8) is 0 Å². The van der Waals surface area contributed by atoms with Crippen molar-refractivity contribution in [3.05, 3.63) is 29.3 Å². The van der Waals surface area contributed by atoms with E-state index in [1.54, 1.807) is 12.1 Å². The Labute approximate surface area is 116 Å². The predicted octanol–water partition coefficient (Wildman–Crippen LogP) is 1.99. The van der Waals surface area contributed by atoms with Crippen LogP contribution in [0, 0.1) is 6.92 Å². The molecule has 0 aromatic heterocycles. The molecule has 0 unspecified atom stereocenters. The molecule has 4 nitrogen and oxygen atoms in total. The maximum atomic E-state index is 12.4. The molecule has 0 aliphatic rings. The van der Waals surface area contributed by atoms with Gasteiger partial charge in [0.25, 0.3) is 5.91 Å². The second-order valence-corrected chi connectivity index (χ2v) is 5.11. The summed E-state index contributed by atoms with van der Waals surface area (Å²) in [5.41, 5.74) is 8.18. The molecule has 106 valence electrons. The number of nitrogens with zero attached hydrogens (tertiary/aromatic N) is 2. The lowest BCUT2D eigenvalue weighted by atomic mass is 10.1. The number of nitrogens with two attached hydrogens (primary N) is 1. The van der Waals surface area contributed by atoms with Crippen LogP contribution in [0.25, 0.3) is 0 Å². The van der Waals surface area contributed by atoms with Gasteiger partial charge in [0.15, 0.2) is 0 Å². The van der Waals surface area contributed by atoms with Gasteiger partial charge in [-0.3, -0.25) is 4.79 Å². The van der Waals surface area contributed by atoms with Crippen molar-refractivity contribution in [2.75, 3.05) is 39.5 Å². The number of nitrogen functional groups attached to an aromatic ring is 1. The van der Waals surface area contributed by atoms with E-state index in [4.69, 9.17) is 5.73 Å². The lowest BCUT2D eigenvalue weighted by molar-refractivity contribution is 0.0759. The molecule has 0 aliphatic heterocycles. The topological polar surface area (TPSA) is 49.6 Å². The quantitative estimate of drug-likeness (QED) is 0.799. The molecule has 0 fully saturated rings. The molecule has 0 aliphatic carbocycles. The Bertz CT molecular complexity index is 429. The maximum absolute atomic E-state index is 12.4. The fraction of sp³-hybridized carbons (Fsp3) is 0.533. The summed E-state index contributed by atoms with van der Waals surface area (Å²) in [4.78, 5) is 16.4. The van der Waals surface area contributed by atoms with Gasteiger partial charge in [0.05, 0.1) is 0 Å². The molecule has 0 bridgehead atoms. The highest BCUT2D eigenvalue weighted by Gasteiger charge is 2.14. The van der Waals surface area contributed by atoms with E-state index >= 15 is 0 Å². The van der Waals surface area contributed by atoms with Crippen molar-refractivity contribution in [1.82, 2.24) is 9.80 Å².